The van der Waals surface area contributed by atoms with Crippen LogP contribution in [-0.4, -0.2) is 61.2 Å². The monoisotopic (exact) mass is 295 g/mol. The fourth-order valence-electron chi connectivity index (χ4n) is 4.02. The number of hydrogen-bond donors (Lipinski definition) is 1. The molecule has 0 aromatic heterocycles. The molecular weight excluding hydrogens is 258 g/mol. The van der Waals surface area contributed by atoms with Gasteiger partial charge in [0.2, 0.25) is 0 Å². The molecule has 0 bridgehead atoms. The van der Waals surface area contributed by atoms with Crippen molar-refractivity contribution < 1.29 is 0 Å². The van der Waals surface area contributed by atoms with Crippen LogP contribution >= 0.6 is 0 Å². The van der Waals surface area contributed by atoms with Crippen molar-refractivity contribution in [2.75, 3.05) is 39.3 Å². The molecule has 0 aromatic rings. The first-order chi connectivity index (χ1) is 10.0. The minimum Gasteiger partial charge on any atom is -0.314 e. The number of rotatable bonds is 6. The lowest BCUT2D eigenvalue weighted by Crippen LogP contribution is -2.51. The first-order valence-electron chi connectivity index (χ1n) is 9.22. The van der Waals surface area contributed by atoms with Gasteiger partial charge in [-0.3, -0.25) is 0 Å². The zero-order valence-electron chi connectivity index (χ0n) is 14.8. The van der Waals surface area contributed by atoms with E-state index < -0.39 is 0 Å². The molecule has 1 atom stereocenters. The molecule has 2 rings (SSSR count). The van der Waals surface area contributed by atoms with Gasteiger partial charge in [0.1, 0.15) is 0 Å². The highest BCUT2D eigenvalue weighted by atomic mass is 15.2. The van der Waals surface area contributed by atoms with E-state index in [4.69, 9.17) is 0 Å². The van der Waals surface area contributed by atoms with Gasteiger partial charge in [0.15, 0.2) is 0 Å². The Morgan fingerprint density at radius 1 is 1.05 bits per heavy atom. The lowest BCUT2D eigenvalue weighted by atomic mass is 9.84. The highest BCUT2D eigenvalue weighted by Crippen LogP contribution is 2.26. The maximum atomic E-state index is 3.60. The van der Waals surface area contributed by atoms with Gasteiger partial charge in [0.05, 0.1) is 0 Å². The van der Waals surface area contributed by atoms with Crippen molar-refractivity contribution >= 4 is 0 Å². The van der Waals surface area contributed by atoms with Gasteiger partial charge in [0.25, 0.3) is 0 Å². The average molecular weight is 296 g/mol. The second-order valence-electron chi connectivity index (χ2n) is 7.87. The Morgan fingerprint density at radius 2 is 1.67 bits per heavy atom. The summed E-state index contributed by atoms with van der Waals surface area (Å²) in [6.07, 6.45) is 7.06. The summed E-state index contributed by atoms with van der Waals surface area (Å²) in [5.74, 6) is 0. The number of nitrogens with zero attached hydrogens (tertiary/aromatic N) is 2. The largest absolute Gasteiger partial charge is 0.314 e. The third-order valence-electron chi connectivity index (χ3n) is 5.78. The third kappa shape index (κ3) is 4.94. The Balaban J connectivity index is 1.75. The van der Waals surface area contributed by atoms with Crippen molar-refractivity contribution in [3.63, 3.8) is 0 Å². The van der Waals surface area contributed by atoms with Gasteiger partial charge < -0.3 is 15.1 Å². The van der Waals surface area contributed by atoms with Crippen LogP contribution in [0.4, 0.5) is 0 Å². The van der Waals surface area contributed by atoms with E-state index in [9.17, 15) is 0 Å². The molecule has 0 saturated carbocycles. The molecule has 2 saturated heterocycles. The molecule has 0 aliphatic carbocycles. The molecule has 1 N–H and O–H groups in total. The Hall–Kier alpha value is -0.120. The average Bonchev–Trinajstić information content (AvgIpc) is 2.49. The molecule has 124 valence electrons. The maximum absolute atomic E-state index is 3.60. The van der Waals surface area contributed by atoms with E-state index in [0.717, 1.165) is 12.6 Å². The molecule has 2 fully saturated rings. The Morgan fingerprint density at radius 3 is 2.24 bits per heavy atom. The Bertz CT molecular complexity index is 289. The summed E-state index contributed by atoms with van der Waals surface area (Å²) in [4.78, 5) is 5.47. The number of piperidine rings is 2. The zero-order chi connectivity index (χ0) is 15.3. The van der Waals surface area contributed by atoms with E-state index >= 15 is 0 Å². The van der Waals surface area contributed by atoms with Crippen LogP contribution in [-0.2, 0) is 0 Å². The van der Waals surface area contributed by atoms with Crippen molar-refractivity contribution in [3.05, 3.63) is 0 Å². The van der Waals surface area contributed by atoms with Crippen molar-refractivity contribution in [2.24, 2.45) is 5.41 Å². The number of likely N-dealkylation sites (tertiary alicyclic amines) is 2. The predicted molar refractivity (Wildman–Crippen MR) is 91.8 cm³/mol. The van der Waals surface area contributed by atoms with Gasteiger partial charge >= 0.3 is 0 Å². The molecular formula is C18H37N3. The van der Waals surface area contributed by atoms with Crippen LogP contribution in [0.15, 0.2) is 0 Å². The highest BCUT2D eigenvalue weighted by Gasteiger charge is 2.31. The quantitative estimate of drug-likeness (QED) is 0.813. The predicted octanol–water partition coefficient (Wildman–Crippen LogP) is 2.96. The minimum absolute atomic E-state index is 0.355. The summed E-state index contributed by atoms with van der Waals surface area (Å²) in [6, 6.07) is 1.46. The summed E-state index contributed by atoms with van der Waals surface area (Å²) in [5.41, 5.74) is 0.355. The van der Waals surface area contributed by atoms with Crippen molar-refractivity contribution in [3.8, 4) is 0 Å². The molecule has 0 spiro atoms. The van der Waals surface area contributed by atoms with Crippen LogP contribution in [0.3, 0.4) is 0 Å². The van der Waals surface area contributed by atoms with Crippen LogP contribution in [0.5, 0.6) is 0 Å². The molecule has 0 amide bonds. The van der Waals surface area contributed by atoms with Gasteiger partial charge in [0, 0.05) is 18.6 Å². The van der Waals surface area contributed by atoms with Gasteiger partial charge in [-0.1, -0.05) is 27.2 Å². The first-order valence-corrected chi connectivity index (χ1v) is 9.22. The Kier molecular flexibility index (Phi) is 6.51. The molecule has 0 aromatic carbocycles. The minimum atomic E-state index is 0.355. The smallest absolute Gasteiger partial charge is 0.0120 e. The van der Waals surface area contributed by atoms with Gasteiger partial charge in [-0.05, 0) is 70.7 Å². The lowest BCUT2D eigenvalue weighted by molar-refractivity contribution is 0.0663. The van der Waals surface area contributed by atoms with Crippen molar-refractivity contribution in [1.82, 2.24) is 15.1 Å². The molecule has 2 aliphatic heterocycles. The van der Waals surface area contributed by atoms with Crippen LogP contribution in [0.2, 0.25) is 0 Å². The zero-order valence-corrected chi connectivity index (χ0v) is 14.8. The van der Waals surface area contributed by atoms with E-state index in [0.29, 0.717) is 11.5 Å². The van der Waals surface area contributed by atoms with Gasteiger partial charge in [-0.2, -0.15) is 0 Å². The van der Waals surface area contributed by atoms with Crippen molar-refractivity contribution in [1.29, 1.82) is 0 Å². The maximum Gasteiger partial charge on any atom is 0.0120 e. The van der Waals surface area contributed by atoms with Crippen LogP contribution in [0, 0.1) is 5.41 Å². The van der Waals surface area contributed by atoms with Crippen molar-refractivity contribution in [2.45, 2.75) is 71.9 Å². The summed E-state index contributed by atoms with van der Waals surface area (Å²) in [6.45, 7) is 17.0. The third-order valence-corrected chi connectivity index (χ3v) is 5.78. The SMILES string of the molecule is CCNC(C)C(C)(C)CN1CCC(N2CCCCC2)CC1. The first kappa shape index (κ1) is 17.2. The molecule has 21 heavy (non-hydrogen) atoms. The standard InChI is InChI=1S/C18H37N3/c1-5-19-16(2)18(3,4)15-20-13-9-17(10-14-20)21-11-7-6-8-12-21/h16-17,19H,5-15H2,1-4H3. The number of hydrogen-bond acceptors (Lipinski definition) is 3. The molecule has 2 aliphatic rings. The summed E-state index contributed by atoms with van der Waals surface area (Å²) < 4.78 is 0. The second-order valence-corrected chi connectivity index (χ2v) is 7.87. The lowest BCUT2D eigenvalue weighted by Gasteiger charge is -2.43. The molecule has 3 nitrogen and oxygen atoms in total. The Labute approximate surface area is 132 Å². The highest BCUT2D eigenvalue weighted by molar-refractivity contribution is 4.87. The van der Waals surface area contributed by atoms with E-state index in [1.807, 2.05) is 0 Å². The molecule has 3 heteroatoms. The van der Waals surface area contributed by atoms with Crippen LogP contribution < -0.4 is 5.32 Å². The second kappa shape index (κ2) is 7.94. The fourth-order valence-corrected chi connectivity index (χ4v) is 4.02. The van der Waals surface area contributed by atoms with E-state index in [-0.39, 0.29) is 0 Å². The number of nitrogens with one attached hydrogen (secondary N) is 1. The van der Waals surface area contributed by atoms with E-state index in [1.165, 1.54) is 64.8 Å². The van der Waals surface area contributed by atoms with Gasteiger partial charge in [-0.15, -0.1) is 0 Å². The topological polar surface area (TPSA) is 18.5 Å². The molecule has 1 unspecified atom stereocenters. The van der Waals surface area contributed by atoms with Gasteiger partial charge in [-0.25, -0.2) is 0 Å². The van der Waals surface area contributed by atoms with E-state index in [1.54, 1.807) is 0 Å². The van der Waals surface area contributed by atoms with Crippen LogP contribution in [0.25, 0.3) is 0 Å². The van der Waals surface area contributed by atoms with E-state index in [2.05, 4.69) is 42.8 Å². The summed E-state index contributed by atoms with van der Waals surface area (Å²) in [7, 11) is 0. The normalized spacial score (nSPS) is 25.1. The molecule has 2 heterocycles. The summed E-state index contributed by atoms with van der Waals surface area (Å²) in [5, 5.41) is 3.60. The fraction of sp³-hybridized carbons (Fsp3) is 1.00. The summed E-state index contributed by atoms with van der Waals surface area (Å²) >= 11 is 0. The van der Waals surface area contributed by atoms with Crippen LogP contribution in [0.1, 0.15) is 59.8 Å². The molecule has 0 radical (unpaired) electrons.